The molecule has 0 unspecified atom stereocenters. The van der Waals surface area contributed by atoms with Crippen molar-refractivity contribution in [3.63, 3.8) is 0 Å². The maximum atomic E-state index is 12.4. The average molecular weight is 314 g/mol. The maximum absolute atomic E-state index is 12.4. The Hall–Kier alpha value is -2.35. The van der Waals surface area contributed by atoms with Gasteiger partial charge in [-0.1, -0.05) is 30.3 Å². The summed E-state index contributed by atoms with van der Waals surface area (Å²) in [7, 11) is 0. The van der Waals surface area contributed by atoms with Gasteiger partial charge in [0.1, 0.15) is 11.0 Å². The van der Waals surface area contributed by atoms with Gasteiger partial charge >= 0.3 is 6.09 Å². The van der Waals surface area contributed by atoms with Crippen LogP contribution in [0.2, 0.25) is 0 Å². The number of nitrogens with one attached hydrogen (secondary N) is 1. The van der Waals surface area contributed by atoms with Crippen molar-refractivity contribution in [3.05, 3.63) is 35.9 Å². The van der Waals surface area contributed by atoms with E-state index in [2.05, 4.69) is 11.4 Å². The van der Waals surface area contributed by atoms with Gasteiger partial charge in [0.15, 0.2) is 5.78 Å². The molecule has 0 saturated heterocycles. The number of Topliss-reactive ketones (excluding diaryl/α,β-unsaturated/α-hetero) is 1. The molecule has 5 heteroatoms. The van der Waals surface area contributed by atoms with Gasteiger partial charge in [-0.2, -0.15) is 5.26 Å². The van der Waals surface area contributed by atoms with Crippen LogP contribution in [0.1, 0.15) is 51.6 Å². The van der Waals surface area contributed by atoms with Crippen LogP contribution in [0.3, 0.4) is 0 Å². The molecular weight excluding hydrogens is 292 g/mol. The van der Waals surface area contributed by atoms with E-state index in [1.165, 1.54) is 0 Å². The number of carbonyl (C=O) groups is 2. The Kier molecular flexibility index (Phi) is 4.74. The Morgan fingerprint density at radius 3 is 2.48 bits per heavy atom. The summed E-state index contributed by atoms with van der Waals surface area (Å²) in [5, 5.41) is 12.5. The van der Waals surface area contributed by atoms with E-state index in [0.29, 0.717) is 19.3 Å². The molecular formula is C18H22N2O3. The molecule has 1 fully saturated rings. The standard InChI is InChI=1S/C18H22N2O3/c1-17(2,3)23-16(22)20-15(13-8-5-4-6-9-13)18(12-19)11-7-10-14(18)21/h4-6,8-9,15H,7,10-11H2,1-3H3,(H,20,22)/t15-,18+/m0/s1. The number of carbonyl (C=O) groups excluding carboxylic acids is 2. The first kappa shape index (κ1) is 17.0. The van der Waals surface area contributed by atoms with Gasteiger partial charge in [-0.15, -0.1) is 0 Å². The van der Waals surface area contributed by atoms with Crippen LogP contribution in [-0.4, -0.2) is 17.5 Å². The summed E-state index contributed by atoms with van der Waals surface area (Å²) in [6.07, 6.45) is 0.844. The lowest BCUT2D eigenvalue weighted by Crippen LogP contribution is -2.44. The van der Waals surface area contributed by atoms with E-state index >= 15 is 0 Å². The van der Waals surface area contributed by atoms with Gasteiger partial charge in [0, 0.05) is 6.42 Å². The molecule has 1 N–H and O–H groups in total. The smallest absolute Gasteiger partial charge is 0.408 e. The zero-order valence-electron chi connectivity index (χ0n) is 13.8. The molecule has 122 valence electrons. The predicted octanol–water partition coefficient (Wildman–Crippen LogP) is 3.52. The molecule has 2 atom stereocenters. The van der Waals surface area contributed by atoms with Gasteiger partial charge < -0.3 is 10.1 Å². The predicted molar refractivity (Wildman–Crippen MR) is 85.5 cm³/mol. The number of amides is 1. The van der Waals surface area contributed by atoms with Crippen molar-refractivity contribution >= 4 is 11.9 Å². The second-order valence-electron chi connectivity index (χ2n) is 6.85. The molecule has 1 aromatic carbocycles. The van der Waals surface area contributed by atoms with Crippen LogP contribution in [0.4, 0.5) is 4.79 Å². The van der Waals surface area contributed by atoms with Crippen LogP contribution in [0.5, 0.6) is 0 Å². The van der Waals surface area contributed by atoms with Gasteiger partial charge in [0.2, 0.25) is 0 Å². The Morgan fingerprint density at radius 1 is 1.35 bits per heavy atom. The van der Waals surface area contributed by atoms with E-state index < -0.39 is 23.2 Å². The van der Waals surface area contributed by atoms with Crippen molar-refractivity contribution in [3.8, 4) is 6.07 Å². The van der Waals surface area contributed by atoms with Crippen LogP contribution < -0.4 is 5.32 Å². The lowest BCUT2D eigenvalue weighted by atomic mass is 9.76. The summed E-state index contributed by atoms with van der Waals surface area (Å²) in [6.45, 7) is 5.31. The highest BCUT2D eigenvalue weighted by atomic mass is 16.6. The van der Waals surface area contributed by atoms with Crippen LogP contribution in [0, 0.1) is 16.7 Å². The zero-order valence-corrected chi connectivity index (χ0v) is 13.8. The minimum Gasteiger partial charge on any atom is -0.444 e. The first-order valence-corrected chi connectivity index (χ1v) is 7.77. The molecule has 0 radical (unpaired) electrons. The SMILES string of the molecule is CC(C)(C)OC(=O)N[C@@H](c1ccccc1)[C@@]1(C#N)CCCC1=O. The second-order valence-corrected chi connectivity index (χ2v) is 6.85. The minimum absolute atomic E-state index is 0.120. The highest BCUT2D eigenvalue weighted by molar-refractivity contribution is 5.91. The molecule has 0 aliphatic heterocycles. The third-order valence-electron chi connectivity index (χ3n) is 3.96. The Morgan fingerprint density at radius 2 is 2.00 bits per heavy atom. The van der Waals surface area contributed by atoms with E-state index in [1.54, 1.807) is 20.8 Å². The average Bonchev–Trinajstić information content (AvgIpc) is 2.86. The molecule has 1 amide bonds. The van der Waals surface area contributed by atoms with E-state index in [4.69, 9.17) is 4.74 Å². The molecule has 5 nitrogen and oxygen atoms in total. The number of hydrogen-bond donors (Lipinski definition) is 1. The van der Waals surface area contributed by atoms with Gasteiger partial charge in [0.25, 0.3) is 0 Å². The highest BCUT2D eigenvalue weighted by Crippen LogP contribution is 2.44. The summed E-state index contributed by atoms with van der Waals surface area (Å²) in [6, 6.07) is 10.6. The fourth-order valence-corrected chi connectivity index (χ4v) is 2.94. The second kappa shape index (κ2) is 6.41. The molecule has 1 aliphatic carbocycles. The highest BCUT2D eigenvalue weighted by Gasteiger charge is 2.50. The number of nitriles is 1. The summed E-state index contributed by atoms with van der Waals surface area (Å²) >= 11 is 0. The van der Waals surface area contributed by atoms with Crippen molar-refractivity contribution in [2.75, 3.05) is 0 Å². The number of nitrogens with zero attached hydrogens (tertiary/aromatic N) is 1. The first-order chi connectivity index (χ1) is 10.8. The fourth-order valence-electron chi connectivity index (χ4n) is 2.94. The van der Waals surface area contributed by atoms with Crippen LogP contribution in [-0.2, 0) is 9.53 Å². The van der Waals surface area contributed by atoms with Crippen molar-refractivity contribution in [2.45, 2.75) is 51.7 Å². The van der Waals surface area contributed by atoms with E-state index in [9.17, 15) is 14.9 Å². The van der Waals surface area contributed by atoms with Crippen LogP contribution in [0.15, 0.2) is 30.3 Å². The zero-order chi connectivity index (χ0) is 17.1. The Balaban J connectivity index is 2.36. The van der Waals surface area contributed by atoms with Crippen LogP contribution >= 0.6 is 0 Å². The summed E-state index contributed by atoms with van der Waals surface area (Å²) in [4.78, 5) is 24.6. The lowest BCUT2D eigenvalue weighted by Gasteiger charge is -2.32. The number of hydrogen-bond acceptors (Lipinski definition) is 4. The molecule has 1 aliphatic rings. The normalized spacial score (nSPS) is 22.3. The van der Waals surface area contributed by atoms with Crippen LogP contribution in [0.25, 0.3) is 0 Å². The Bertz CT molecular complexity index is 628. The van der Waals surface area contributed by atoms with Gasteiger partial charge in [-0.3, -0.25) is 4.79 Å². The molecule has 0 aromatic heterocycles. The van der Waals surface area contributed by atoms with Gasteiger partial charge in [-0.05, 0) is 39.2 Å². The minimum atomic E-state index is -1.22. The van der Waals surface area contributed by atoms with E-state index in [-0.39, 0.29) is 5.78 Å². The van der Waals surface area contributed by atoms with Crippen molar-refractivity contribution in [2.24, 2.45) is 5.41 Å². The maximum Gasteiger partial charge on any atom is 0.408 e. The van der Waals surface area contributed by atoms with Crippen molar-refractivity contribution < 1.29 is 14.3 Å². The largest absolute Gasteiger partial charge is 0.444 e. The number of benzene rings is 1. The lowest BCUT2D eigenvalue weighted by molar-refractivity contribution is -0.124. The fraction of sp³-hybridized carbons (Fsp3) is 0.500. The summed E-state index contributed by atoms with van der Waals surface area (Å²) < 4.78 is 5.30. The molecule has 23 heavy (non-hydrogen) atoms. The van der Waals surface area contributed by atoms with Crippen molar-refractivity contribution in [1.29, 1.82) is 5.26 Å². The number of ether oxygens (including phenoxy) is 1. The van der Waals surface area contributed by atoms with Gasteiger partial charge in [0.05, 0.1) is 12.1 Å². The monoisotopic (exact) mass is 314 g/mol. The number of rotatable bonds is 3. The topological polar surface area (TPSA) is 79.2 Å². The molecule has 0 spiro atoms. The quantitative estimate of drug-likeness (QED) is 0.925. The summed E-state index contributed by atoms with van der Waals surface area (Å²) in [5.74, 6) is -0.120. The molecule has 2 rings (SSSR count). The number of alkyl carbamates (subject to hydrolysis) is 1. The van der Waals surface area contributed by atoms with E-state index in [0.717, 1.165) is 5.56 Å². The Labute approximate surface area is 136 Å². The summed E-state index contributed by atoms with van der Waals surface area (Å²) in [5.41, 5.74) is -1.14. The first-order valence-electron chi connectivity index (χ1n) is 7.77. The molecule has 0 heterocycles. The third-order valence-corrected chi connectivity index (χ3v) is 3.96. The number of ketones is 1. The third kappa shape index (κ3) is 3.70. The van der Waals surface area contributed by atoms with Crippen molar-refractivity contribution in [1.82, 2.24) is 5.32 Å². The molecule has 1 saturated carbocycles. The molecule has 1 aromatic rings. The van der Waals surface area contributed by atoms with E-state index in [1.807, 2.05) is 30.3 Å². The van der Waals surface area contributed by atoms with Gasteiger partial charge in [-0.25, -0.2) is 4.79 Å². The molecule has 0 bridgehead atoms.